The Balaban J connectivity index is 1.54. The van der Waals surface area contributed by atoms with Crippen LogP contribution < -0.4 is 5.32 Å². The molecule has 0 atom stereocenters. The number of ketones is 1. The number of Topliss-reactive ketones (excluding diaryl/α,β-unsaturated/α-hetero) is 1. The van der Waals surface area contributed by atoms with Crippen LogP contribution in [0.2, 0.25) is 0 Å². The molecule has 0 radical (unpaired) electrons. The zero-order chi connectivity index (χ0) is 17.8. The molecule has 1 heterocycles. The fourth-order valence-electron chi connectivity index (χ4n) is 3.11. The van der Waals surface area contributed by atoms with Crippen LogP contribution in [-0.4, -0.2) is 32.2 Å². The van der Waals surface area contributed by atoms with Gasteiger partial charge in [-0.2, -0.15) is 0 Å². The molecule has 1 saturated carbocycles. The number of aromatic nitrogens is 3. The lowest BCUT2D eigenvalue weighted by Gasteiger charge is -2.09. The normalized spacial score (nSPS) is 14.6. The van der Waals surface area contributed by atoms with E-state index in [1.807, 2.05) is 11.6 Å². The first-order chi connectivity index (χ1) is 12.0. The number of thioether (sulfide) groups is 1. The van der Waals surface area contributed by atoms with Crippen molar-refractivity contribution in [2.75, 3.05) is 11.1 Å². The van der Waals surface area contributed by atoms with Crippen LogP contribution in [0.5, 0.6) is 0 Å². The Labute approximate surface area is 151 Å². The number of amides is 1. The zero-order valence-electron chi connectivity index (χ0n) is 14.5. The van der Waals surface area contributed by atoms with Crippen molar-refractivity contribution in [3.05, 3.63) is 35.7 Å². The van der Waals surface area contributed by atoms with Crippen molar-refractivity contribution in [2.24, 2.45) is 7.05 Å². The fourth-order valence-corrected chi connectivity index (χ4v) is 3.82. The first-order valence-corrected chi connectivity index (χ1v) is 9.46. The number of carbonyl (C=O) groups excluding carboxylic acids is 2. The molecule has 2 aromatic rings. The van der Waals surface area contributed by atoms with Gasteiger partial charge in [-0.25, -0.2) is 0 Å². The van der Waals surface area contributed by atoms with Crippen molar-refractivity contribution in [3.63, 3.8) is 0 Å². The smallest absolute Gasteiger partial charge is 0.234 e. The molecular formula is C18H22N4O2S. The summed E-state index contributed by atoms with van der Waals surface area (Å²) in [5.41, 5.74) is 1.31. The molecule has 1 aromatic carbocycles. The molecule has 0 unspecified atom stereocenters. The maximum absolute atomic E-state index is 12.1. The summed E-state index contributed by atoms with van der Waals surface area (Å²) < 4.78 is 2.01. The Morgan fingerprint density at radius 3 is 2.52 bits per heavy atom. The minimum atomic E-state index is -0.106. The Hall–Kier alpha value is -2.15. The molecule has 3 rings (SSSR count). The Kier molecular flexibility index (Phi) is 5.53. The highest BCUT2D eigenvalue weighted by atomic mass is 32.2. The number of carbonyl (C=O) groups is 2. The summed E-state index contributed by atoms with van der Waals surface area (Å²) in [7, 11) is 1.97. The summed E-state index contributed by atoms with van der Waals surface area (Å²) >= 11 is 1.39. The van der Waals surface area contributed by atoms with E-state index in [1.54, 1.807) is 24.3 Å². The number of nitrogens with one attached hydrogen (secondary N) is 1. The Morgan fingerprint density at radius 2 is 1.88 bits per heavy atom. The molecule has 0 saturated heterocycles. The number of anilines is 1. The lowest BCUT2D eigenvalue weighted by molar-refractivity contribution is -0.113. The summed E-state index contributed by atoms with van der Waals surface area (Å²) in [6.07, 6.45) is 4.86. The molecule has 7 heteroatoms. The molecule has 1 aliphatic rings. The topological polar surface area (TPSA) is 76.9 Å². The molecule has 1 aromatic heterocycles. The van der Waals surface area contributed by atoms with Crippen molar-refractivity contribution in [1.29, 1.82) is 0 Å². The second-order valence-corrected chi connectivity index (χ2v) is 7.29. The minimum Gasteiger partial charge on any atom is -0.325 e. The van der Waals surface area contributed by atoms with Crippen molar-refractivity contribution < 1.29 is 9.59 Å². The lowest BCUT2D eigenvalue weighted by Crippen LogP contribution is -2.14. The summed E-state index contributed by atoms with van der Waals surface area (Å²) in [6.45, 7) is 1.52. The van der Waals surface area contributed by atoms with Crippen LogP contribution in [0.3, 0.4) is 0 Å². The molecule has 1 aliphatic carbocycles. The highest BCUT2D eigenvalue weighted by molar-refractivity contribution is 7.99. The number of rotatable bonds is 6. The summed E-state index contributed by atoms with van der Waals surface area (Å²) in [5, 5.41) is 12.1. The average Bonchev–Trinajstić information content (AvgIpc) is 3.23. The van der Waals surface area contributed by atoms with Gasteiger partial charge in [0.25, 0.3) is 0 Å². The molecule has 1 amide bonds. The maximum Gasteiger partial charge on any atom is 0.234 e. The third-order valence-corrected chi connectivity index (χ3v) is 5.52. The van der Waals surface area contributed by atoms with Crippen molar-refractivity contribution in [2.45, 2.75) is 43.7 Å². The van der Waals surface area contributed by atoms with Gasteiger partial charge in [-0.1, -0.05) is 24.6 Å². The highest BCUT2D eigenvalue weighted by Crippen LogP contribution is 2.33. The van der Waals surface area contributed by atoms with Crippen LogP contribution in [0.25, 0.3) is 0 Å². The van der Waals surface area contributed by atoms with Gasteiger partial charge in [-0.05, 0) is 44.0 Å². The molecule has 6 nitrogen and oxygen atoms in total. The molecular weight excluding hydrogens is 336 g/mol. The third kappa shape index (κ3) is 4.28. The molecule has 0 aliphatic heterocycles. The standard InChI is InChI=1S/C18H22N4O2S/c1-12(23)13-7-9-15(10-8-13)19-16(24)11-25-18-21-20-17(22(18)2)14-5-3-4-6-14/h7-10,14H,3-6,11H2,1-2H3,(H,19,24). The van der Waals surface area contributed by atoms with Gasteiger partial charge in [-0.3, -0.25) is 9.59 Å². The van der Waals surface area contributed by atoms with Crippen molar-refractivity contribution >= 4 is 29.1 Å². The van der Waals surface area contributed by atoms with Gasteiger partial charge in [0.15, 0.2) is 10.9 Å². The summed E-state index contributed by atoms with van der Waals surface area (Å²) in [6, 6.07) is 6.89. The fraction of sp³-hybridized carbons (Fsp3) is 0.444. The van der Waals surface area contributed by atoms with Crippen LogP contribution in [0.4, 0.5) is 5.69 Å². The van der Waals surface area contributed by atoms with Gasteiger partial charge in [0.2, 0.25) is 5.91 Å². The van der Waals surface area contributed by atoms with Crippen LogP contribution in [0.15, 0.2) is 29.4 Å². The zero-order valence-corrected chi connectivity index (χ0v) is 15.3. The molecule has 1 N–H and O–H groups in total. The number of nitrogens with zero attached hydrogens (tertiary/aromatic N) is 3. The SMILES string of the molecule is CC(=O)c1ccc(NC(=O)CSc2nnc(C3CCCC3)n2C)cc1. The largest absolute Gasteiger partial charge is 0.325 e. The van der Waals surface area contributed by atoms with Gasteiger partial charge in [0.1, 0.15) is 5.82 Å². The molecule has 0 spiro atoms. The van der Waals surface area contributed by atoms with E-state index in [9.17, 15) is 9.59 Å². The van der Waals surface area contributed by atoms with E-state index in [-0.39, 0.29) is 17.4 Å². The van der Waals surface area contributed by atoms with Gasteiger partial charge in [0, 0.05) is 24.2 Å². The minimum absolute atomic E-state index is 0.00813. The van der Waals surface area contributed by atoms with Crippen LogP contribution in [0, 0.1) is 0 Å². The van der Waals surface area contributed by atoms with Gasteiger partial charge < -0.3 is 9.88 Å². The predicted octanol–water partition coefficient (Wildman–Crippen LogP) is 3.41. The first kappa shape index (κ1) is 17.7. The van der Waals surface area contributed by atoms with Crippen LogP contribution in [0.1, 0.15) is 54.7 Å². The second kappa shape index (κ2) is 7.82. The molecule has 1 fully saturated rings. The predicted molar refractivity (Wildman–Crippen MR) is 98.0 cm³/mol. The van der Waals surface area contributed by atoms with Crippen molar-refractivity contribution in [3.8, 4) is 0 Å². The maximum atomic E-state index is 12.1. The van der Waals surface area contributed by atoms with E-state index in [0.717, 1.165) is 11.0 Å². The van der Waals surface area contributed by atoms with Gasteiger partial charge >= 0.3 is 0 Å². The molecule has 0 bridgehead atoms. The van der Waals surface area contributed by atoms with Crippen LogP contribution in [-0.2, 0) is 11.8 Å². The first-order valence-electron chi connectivity index (χ1n) is 8.47. The highest BCUT2D eigenvalue weighted by Gasteiger charge is 2.23. The second-order valence-electron chi connectivity index (χ2n) is 6.35. The Morgan fingerprint density at radius 1 is 1.20 bits per heavy atom. The number of hydrogen-bond donors (Lipinski definition) is 1. The monoisotopic (exact) mass is 358 g/mol. The van der Waals surface area contributed by atoms with Crippen LogP contribution >= 0.6 is 11.8 Å². The van der Waals surface area contributed by atoms with E-state index in [0.29, 0.717) is 17.2 Å². The van der Waals surface area contributed by atoms with E-state index in [1.165, 1.54) is 44.4 Å². The van der Waals surface area contributed by atoms with E-state index in [4.69, 9.17) is 0 Å². The number of hydrogen-bond acceptors (Lipinski definition) is 5. The summed E-state index contributed by atoms with van der Waals surface area (Å²) in [5.74, 6) is 1.70. The number of benzene rings is 1. The van der Waals surface area contributed by atoms with Crippen molar-refractivity contribution in [1.82, 2.24) is 14.8 Å². The third-order valence-electron chi connectivity index (χ3n) is 4.50. The average molecular weight is 358 g/mol. The van der Waals surface area contributed by atoms with E-state index in [2.05, 4.69) is 15.5 Å². The van der Waals surface area contributed by atoms with Gasteiger partial charge in [0.05, 0.1) is 5.75 Å². The lowest BCUT2D eigenvalue weighted by atomic mass is 10.1. The Bertz CT molecular complexity index is 764. The van der Waals surface area contributed by atoms with E-state index < -0.39 is 0 Å². The summed E-state index contributed by atoms with van der Waals surface area (Å²) in [4.78, 5) is 23.4. The molecule has 25 heavy (non-hydrogen) atoms. The van der Waals surface area contributed by atoms with E-state index >= 15 is 0 Å². The quantitative estimate of drug-likeness (QED) is 0.632. The van der Waals surface area contributed by atoms with Gasteiger partial charge in [-0.15, -0.1) is 10.2 Å². The molecule has 132 valence electrons.